The molecule has 0 spiro atoms. The summed E-state index contributed by atoms with van der Waals surface area (Å²) in [4.78, 5) is 11.6. The minimum atomic E-state index is -0.281. The molecule has 1 N–H and O–H groups in total. The Morgan fingerprint density at radius 3 is 2.74 bits per heavy atom. The van der Waals surface area contributed by atoms with Gasteiger partial charge in [-0.2, -0.15) is 5.10 Å². The monoisotopic (exact) mass is 264 g/mol. The molecule has 1 aromatic rings. The molecule has 0 bridgehead atoms. The van der Waals surface area contributed by atoms with Crippen molar-refractivity contribution in [3.8, 4) is 0 Å². The van der Waals surface area contributed by atoms with Crippen LogP contribution in [0.2, 0.25) is 0 Å². The van der Waals surface area contributed by atoms with Crippen LogP contribution in [-0.2, 0) is 13.2 Å². The van der Waals surface area contributed by atoms with Gasteiger partial charge in [-0.15, -0.1) is 0 Å². The van der Waals surface area contributed by atoms with Crippen molar-refractivity contribution in [2.45, 2.75) is 59.1 Å². The van der Waals surface area contributed by atoms with Crippen LogP contribution in [0.4, 0.5) is 0 Å². The van der Waals surface area contributed by atoms with Gasteiger partial charge in [-0.1, -0.05) is 39.0 Å². The van der Waals surface area contributed by atoms with E-state index in [1.165, 1.54) is 32.1 Å². The molecule has 1 aliphatic carbocycles. The van der Waals surface area contributed by atoms with Crippen molar-refractivity contribution in [2.75, 3.05) is 0 Å². The second kappa shape index (κ2) is 6.33. The Hall–Kier alpha value is -1.16. The van der Waals surface area contributed by atoms with E-state index in [0.717, 1.165) is 18.2 Å². The Bertz CT molecular complexity index is 476. The number of aryl methyl sites for hydroxylation is 1. The largest absolute Gasteiger partial charge is 0.390 e. The van der Waals surface area contributed by atoms with Crippen molar-refractivity contribution < 1.29 is 5.11 Å². The van der Waals surface area contributed by atoms with Crippen LogP contribution in [0.5, 0.6) is 0 Å². The van der Waals surface area contributed by atoms with Gasteiger partial charge in [0.25, 0.3) is 0 Å². The van der Waals surface area contributed by atoms with Gasteiger partial charge in [0.05, 0.1) is 6.61 Å². The normalized spacial score (nSPS) is 18.5. The third-order valence-corrected chi connectivity index (χ3v) is 4.34. The fraction of sp³-hybridized carbons (Fsp3) is 0.733. The summed E-state index contributed by atoms with van der Waals surface area (Å²) in [7, 11) is 0. The van der Waals surface area contributed by atoms with Crippen LogP contribution in [-0.4, -0.2) is 14.9 Å². The van der Waals surface area contributed by atoms with E-state index in [1.54, 1.807) is 6.07 Å². The zero-order valence-corrected chi connectivity index (χ0v) is 11.9. The molecule has 0 saturated heterocycles. The van der Waals surface area contributed by atoms with E-state index in [-0.39, 0.29) is 17.7 Å². The summed E-state index contributed by atoms with van der Waals surface area (Å²) in [5.41, 5.74) is 0.966. The molecule has 4 nitrogen and oxygen atoms in total. The summed E-state index contributed by atoms with van der Waals surface area (Å²) in [6.45, 7) is 4.73. The molecule has 0 radical (unpaired) electrons. The highest BCUT2D eigenvalue weighted by Crippen LogP contribution is 2.30. The minimum Gasteiger partial charge on any atom is -0.390 e. The fourth-order valence-electron chi connectivity index (χ4n) is 3.04. The summed E-state index contributed by atoms with van der Waals surface area (Å²) in [5, 5.41) is 13.4. The van der Waals surface area contributed by atoms with Gasteiger partial charge >= 0.3 is 0 Å². The molecule has 0 aromatic carbocycles. The number of aliphatic hydroxyl groups excluding tert-OH is 1. The highest BCUT2D eigenvalue weighted by Gasteiger charge is 2.21. The van der Waals surface area contributed by atoms with E-state index in [0.29, 0.717) is 5.92 Å². The smallest absolute Gasteiger partial charge is 0.206 e. The molecular formula is C15H24N2O2. The molecule has 1 atom stereocenters. The Morgan fingerprint density at radius 1 is 1.42 bits per heavy atom. The van der Waals surface area contributed by atoms with Crippen LogP contribution in [0, 0.1) is 18.8 Å². The van der Waals surface area contributed by atoms with E-state index < -0.39 is 0 Å². The Morgan fingerprint density at radius 2 is 2.11 bits per heavy atom. The van der Waals surface area contributed by atoms with Crippen LogP contribution < -0.4 is 5.43 Å². The van der Waals surface area contributed by atoms with Crippen molar-refractivity contribution in [3.05, 3.63) is 27.7 Å². The quantitative estimate of drug-likeness (QED) is 0.907. The SMILES string of the molecule is Cc1cc(=O)c(CO)nn1CC(C)C1CCCCC1. The van der Waals surface area contributed by atoms with E-state index in [9.17, 15) is 4.79 Å². The van der Waals surface area contributed by atoms with Crippen LogP contribution in [0.3, 0.4) is 0 Å². The lowest BCUT2D eigenvalue weighted by atomic mass is 9.81. The molecule has 4 heteroatoms. The maximum Gasteiger partial charge on any atom is 0.206 e. The summed E-state index contributed by atoms with van der Waals surface area (Å²) in [6, 6.07) is 1.58. The van der Waals surface area contributed by atoms with Crippen molar-refractivity contribution in [1.29, 1.82) is 0 Å². The number of hydrogen-bond donors (Lipinski definition) is 1. The first-order valence-corrected chi connectivity index (χ1v) is 7.30. The second-order valence-electron chi connectivity index (χ2n) is 5.81. The number of aromatic nitrogens is 2. The minimum absolute atomic E-state index is 0.165. The number of rotatable bonds is 4. The summed E-state index contributed by atoms with van der Waals surface area (Å²) in [6.07, 6.45) is 6.68. The molecule has 19 heavy (non-hydrogen) atoms. The van der Waals surface area contributed by atoms with Gasteiger partial charge in [0.1, 0.15) is 5.69 Å². The van der Waals surface area contributed by atoms with Crippen molar-refractivity contribution in [2.24, 2.45) is 11.8 Å². The Balaban J connectivity index is 2.11. The van der Waals surface area contributed by atoms with Gasteiger partial charge in [-0.25, -0.2) is 0 Å². The topological polar surface area (TPSA) is 55.1 Å². The highest BCUT2D eigenvalue weighted by molar-refractivity contribution is 5.07. The predicted molar refractivity (Wildman–Crippen MR) is 74.9 cm³/mol. The lowest BCUT2D eigenvalue weighted by Crippen LogP contribution is -2.25. The number of hydrogen-bond acceptors (Lipinski definition) is 3. The van der Waals surface area contributed by atoms with Gasteiger partial charge in [0, 0.05) is 18.3 Å². The lowest BCUT2D eigenvalue weighted by Gasteiger charge is -2.28. The van der Waals surface area contributed by atoms with Crippen LogP contribution in [0.25, 0.3) is 0 Å². The predicted octanol–water partition coefficient (Wildman–Crippen LogP) is 2.26. The molecule has 0 amide bonds. The van der Waals surface area contributed by atoms with Gasteiger partial charge in [-0.3, -0.25) is 9.48 Å². The molecule has 1 unspecified atom stereocenters. The second-order valence-corrected chi connectivity index (χ2v) is 5.81. The molecule has 0 aliphatic heterocycles. The zero-order valence-electron chi connectivity index (χ0n) is 11.9. The third kappa shape index (κ3) is 3.44. The maximum absolute atomic E-state index is 11.6. The van der Waals surface area contributed by atoms with Crippen molar-refractivity contribution in [1.82, 2.24) is 9.78 Å². The third-order valence-electron chi connectivity index (χ3n) is 4.34. The average Bonchev–Trinajstić information content (AvgIpc) is 2.42. The first-order valence-electron chi connectivity index (χ1n) is 7.30. The molecule has 2 rings (SSSR count). The van der Waals surface area contributed by atoms with Crippen molar-refractivity contribution >= 4 is 0 Å². The van der Waals surface area contributed by atoms with E-state index in [1.807, 2.05) is 11.6 Å². The maximum atomic E-state index is 11.6. The standard InChI is InChI=1S/C15H24N2O2/c1-11(13-6-4-3-5-7-13)9-17-12(2)8-15(19)14(10-18)16-17/h8,11,13,18H,3-7,9-10H2,1-2H3. The van der Waals surface area contributed by atoms with E-state index in [2.05, 4.69) is 12.0 Å². The first-order chi connectivity index (χ1) is 9.11. The average molecular weight is 264 g/mol. The molecular weight excluding hydrogens is 240 g/mol. The fourth-order valence-corrected chi connectivity index (χ4v) is 3.04. The summed E-state index contributed by atoms with van der Waals surface area (Å²) >= 11 is 0. The lowest BCUT2D eigenvalue weighted by molar-refractivity contribution is 0.228. The molecule has 1 aromatic heterocycles. The first kappa shape index (κ1) is 14.3. The zero-order chi connectivity index (χ0) is 13.8. The van der Waals surface area contributed by atoms with Gasteiger partial charge in [0.2, 0.25) is 5.43 Å². The van der Waals surface area contributed by atoms with Crippen LogP contribution in [0.15, 0.2) is 10.9 Å². The van der Waals surface area contributed by atoms with Crippen LogP contribution >= 0.6 is 0 Å². The highest BCUT2D eigenvalue weighted by atomic mass is 16.3. The van der Waals surface area contributed by atoms with Crippen molar-refractivity contribution in [3.63, 3.8) is 0 Å². The van der Waals surface area contributed by atoms with Gasteiger partial charge in [-0.05, 0) is 18.8 Å². The molecule has 1 saturated carbocycles. The summed E-state index contributed by atoms with van der Waals surface area (Å²) in [5.74, 6) is 1.34. The molecule has 106 valence electrons. The molecule has 1 heterocycles. The van der Waals surface area contributed by atoms with Gasteiger partial charge in [0.15, 0.2) is 0 Å². The Labute approximate surface area is 114 Å². The molecule has 1 aliphatic rings. The number of nitrogens with zero attached hydrogens (tertiary/aromatic N) is 2. The van der Waals surface area contributed by atoms with E-state index >= 15 is 0 Å². The number of aliphatic hydroxyl groups is 1. The summed E-state index contributed by atoms with van der Waals surface area (Å²) < 4.78 is 1.88. The van der Waals surface area contributed by atoms with Gasteiger partial charge < -0.3 is 5.11 Å². The Kier molecular flexibility index (Phi) is 4.75. The molecule has 1 fully saturated rings. The van der Waals surface area contributed by atoms with Crippen LogP contribution in [0.1, 0.15) is 50.4 Å². The van der Waals surface area contributed by atoms with E-state index in [4.69, 9.17) is 5.11 Å².